The van der Waals surface area contributed by atoms with Crippen LogP contribution in [0.3, 0.4) is 0 Å². The fraction of sp³-hybridized carbons (Fsp3) is 0.400. The first kappa shape index (κ1) is 13.6. The smallest absolute Gasteiger partial charge is 0.321 e. The maximum atomic E-state index is 12.0. The third kappa shape index (κ3) is 2.36. The maximum Gasteiger partial charge on any atom is 0.321 e. The SMILES string of the molecule is CO/C=C(\C)c1cccc(C2(C(=O)OC)COC2)c1. The van der Waals surface area contributed by atoms with Crippen molar-refractivity contribution >= 4 is 11.5 Å². The van der Waals surface area contributed by atoms with Crippen LogP contribution in [0.15, 0.2) is 30.5 Å². The lowest BCUT2D eigenvalue weighted by atomic mass is 9.78. The topological polar surface area (TPSA) is 44.8 Å². The van der Waals surface area contributed by atoms with Crippen LogP contribution in [0.25, 0.3) is 5.57 Å². The van der Waals surface area contributed by atoms with Crippen molar-refractivity contribution in [2.24, 2.45) is 0 Å². The van der Waals surface area contributed by atoms with Crippen molar-refractivity contribution in [1.29, 1.82) is 0 Å². The van der Waals surface area contributed by atoms with Crippen molar-refractivity contribution < 1.29 is 19.0 Å². The average molecular weight is 262 g/mol. The van der Waals surface area contributed by atoms with Crippen LogP contribution in [0.5, 0.6) is 0 Å². The zero-order valence-electron chi connectivity index (χ0n) is 11.4. The number of hydrogen-bond acceptors (Lipinski definition) is 4. The number of benzene rings is 1. The van der Waals surface area contributed by atoms with E-state index in [1.54, 1.807) is 13.4 Å². The molecular weight excluding hydrogens is 244 g/mol. The molecule has 0 radical (unpaired) electrons. The van der Waals surface area contributed by atoms with Crippen molar-refractivity contribution in [3.8, 4) is 0 Å². The van der Waals surface area contributed by atoms with Gasteiger partial charge in [-0.25, -0.2) is 0 Å². The highest BCUT2D eigenvalue weighted by molar-refractivity contribution is 5.85. The summed E-state index contributed by atoms with van der Waals surface area (Å²) in [4.78, 5) is 12.0. The predicted molar refractivity (Wildman–Crippen MR) is 71.6 cm³/mol. The van der Waals surface area contributed by atoms with Crippen molar-refractivity contribution in [1.82, 2.24) is 0 Å². The fourth-order valence-electron chi connectivity index (χ4n) is 2.21. The van der Waals surface area contributed by atoms with Gasteiger partial charge in [-0.05, 0) is 23.6 Å². The van der Waals surface area contributed by atoms with E-state index in [2.05, 4.69) is 0 Å². The third-order valence-corrected chi connectivity index (χ3v) is 3.44. The van der Waals surface area contributed by atoms with Crippen LogP contribution in [0.2, 0.25) is 0 Å². The Bertz CT molecular complexity index is 501. The largest absolute Gasteiger partial charge is 0.504 e. The Morgan fingerprint density at radius 3 is 2.63 bits per heavy atom. The molecule has 0 unspecified atom stereocenters. The van der Waals surface area contributed by atoms with Gasteiger partial charge in [-0.2, -0.15) is 0 Å². The summed E-state index contributed by atoms with van der Waals surface area (Å²) in [7, 11) is 3.02. The highest BCUT2D eigenvalue weighted by Gasteiger charge is 2.48. The van der Waals surface area contributed by atoms with Crippen LogP contribution in [-0.2, 0) is 24.4 Å². The third-order valence-electron chi connectivity index (χ3n) is 3.44. The second-order valence-corrected chi connectivity index (χ2v) is 4.68. The number of esters is 1. The molecule has 0 saturated carbocycles. The zero-order chi connectivity index (χ0) is 13.9. The van der Waals surface area contributed by atoms with Crippen molar-refractivity contribution in [3.63, 3.8) is 0 Å². The summed E-state index contributed by atoms with van der Waals surface area (Å²) in [6.45, 7) is 2.71. The molecule has 0 spiro atoms. The molecule has 2 rings (SSSR count). The van der Waals surface area contributed by atoms with E-state index in [9.17, 15) is 4.79 Å². The second-order valence-electron chi connectivity index (χ2n) is 4.68. The van der Waals surface area contributed by atoms with E-state index in [1.165, 1.54) is 7.11 Å². The molecule has 0 aromatic heterocycles. The number of carbonyl (C=O) groups excluding carboxylic acids is 1. The number of rotatable bonds is 4. The molecule has 19 heavy (non-hydrogen) atoms. The van der Waals surface area contributed by atoms with Gasteiger partial charge < -0.3 is 14.2 Å². The molecular formula is C15H18O4. The zero-order valence-corrected chi connectivity index (χ0v) is 11.4. The Kier molecular flexibility index (Phi) is 3.90. The molecule has 1 aliphatic heterocycles. The summed E-state index contributed by atoms with van der Waals surface area (Å²) in [5, 5.41) is 0. The van der Waals surface area contributed by atoms with Crippen molar-refractivity contribution in [3.05, 3.63) is 41.7 Å². The van der Waals surface area contributed by atoms with Gasteiger partial charge in [0.25, 0.3) is 0 Å². The van der Waals surface area contributed by atoms with Gasteiger partial charge in [0.15, 0.2) is 0 Å². The van der Waals surface area contributed by atoms with Gasteiger partial charge in [0.2, 0.25) is 0 Å². The molecule has 0 N–H and O–H groups in total. The summed E-state index contributed by atoms with van der Waals surface area (Å²) in [5.41, 5.74) is 2.30. The molecule has 1 heterocycles. The second kappa shape index (κ2) is 5.45. The maximum absolute atomic E-state index is 12.0. The quantitative estimate of drug-likeness (QED) is 0.616. The van der Waals surface area contributed by atoms with E-state index in [0.29, 0.717) is 13.2 Å². The fourth-order valence-corrected chi connectivity index (χ4v) is 2.21. The number of ether oxygens (including phenoxy) is 3. The molecule has 0 bridgehead atoms. The molecule has 0 atom stereocenters. The Morgan fingerprint density at radius 2 is 2.11 bits per heavy atom. The molecule has 1 aliphatic rings. The van der Waals surface area contributed by atoms with Crippen molar-refractivity contribution in [2.45, 2.75) is 12.3 Å². The van der Waals surface area contributed by atoms with E-state index in [0.717, 1.165) is 16.7 Å². The Labute approximate surface area is 113 Å². The normalized spacial score (nSPS) is 17.5. The van der Waals surface area contributed by atoms with Crippen molar-refractivity contribution in [2.75, 3.05) is 27.4 Å². The van der Waals surface area contributed by atoms with Gasteiger partial charge >= 0.3 is 5.97 Å². The van der Waals surface area contributed by atoms with E-state index in [4.69, 9.17) is 14.2 Å². The number of methoxy groups -OCH3 is 2. The molecule has 1 aromatic carbocycles. The van der Waals surface area contributed by atoms with Crippen LogP contribution in [-0.4, -0.2) is 33.4 Å². The highest BCUT2D eigenvalue weighted by Crippen LogP contribution is 2.34. The number of hydrogen-bond donors (Lipinski definition) is 0. The number of allylic oxidation sites excluding steroid dienone is 1. The van der Waals surface area contributed by atoms with Gasteiger partial charge in [0, 0.05) is 0 Å². The monoisotopic (exact) mass is 262 g/mol. The van der Waals surface area contributed by atoms with Gasteiger partial charge in [-0.1, -0.05) is 24.3 Å². The Morgan fingerprint density at radius 1 is 1.37 bits per heavy atom. The van der Waals surface area contributed by atoms with Crippen LogP contribution in [0, 0.1) is 0 Å². The summed E-state index contributed by atoms with van der Waals surface area (Å²) in [6, 6.07) is 7.84. The Hall–Kier alpha value is -1.81. The van der Waals surface area contributed by atoms with E-state index in [-0.39, 0.29) is 5.97 Å². The molecule has 1 aromatic rings. The molecule has 102 valence electrons. The van der Waals surface area contributed by atoms with Gasteiger partial charge in [-0.15, -0.1) is 0 Å². The molecule has 0 aliphatic carbocycles. The lowest BCUT2D eigenvalue weighted by Gasteiger charge is -2.39. The van der Waals surface area contributed by atoms with E-state index in [1.807, 2.05) is 31.2 Å². The molecule has 0 amide bonds. The first-order valence-corrected chi connectivity index (χ1v) is 6.10. The molecule has 4 heteroatoms. The molecule has 1 saturated heterocycles. The van der Waals surface area contributed by atoms with Crippen LogP contribution in [0.4, 0.5) is 0 Å². The first-order valence-electron chi connectivity index (χ1n) is 6.10. The summed E-state index contributed by atoms with van der Waals surface area (Å²) in [5.74, 6) is -0.246. The standard InChI is InChI=1S/C15H18O4/c1-11(8-17-2)12-5-4-6-13(7-12)15(9-19-10-15)14(16)18-3/h4-8H,9-10H2,1-3H3/b11-8+. The van der Waals surface area contributed by atoms with E-state index < -0.39 is 5.41 Å². The minimum atomic E-state index is -0.655. The van der Waals surface area contributed by atoms with Crippen LogP contribution < -0.4 is 0 Å². The van der Waals surface area contributed by atoms with Gasteiger partial charge in [-0.3, -0.25) is 4.79 Å². The minimum Gasteiger partial charge on any atom is -0.504 e. The average Bonchev–Trinajstić information content (AvgIpc) is 2.38. The summed E-state index contributed by atoms with van der Waals surface area (Å²) >= 11 is 0. The first-order chi connectivity index (χ1) is 9.14. The van der Waals surface area contributed by atoms with Gasteiger partial charge in [0.1, 0.15) is 5.41 Å². The Balaban J connectivity index is 2.38. The van der Waals surface area contributed by atoms with Gasteiger partial charge in [0.05, 0.1) is 33.7 Å². The van der Waals surface area contributed by atoms with Crippen LogP contribution in [0.1, 0.15) is 18.1 Å². The predicted octanol–water partition coefficient (Wildman–Crippen LogP) is 2.13. The molecule has 4 nitrogen and oxygen atoms in total. The highest BCUT2D eigenvalue weighted by atomic mass is 16.5. The van der Waals surface area contributed by atoms with E-state index >= 15 is 0 Å². The minimum absolute atomic E-state index is 0.246. The molecule has 1 fully saturated rings. The lowest BCUT2D eigenvalue weighted by Crippen LogP contribution is -2.53. The number of carbonyl (C=O) groups is 1. The summed E-state index contributed by atoms with van der Waals surface area (Å²) in [6.07, 6.45) is 1.68. The lowest BCUT2D eigenvalue weighted by molar-refractivity contribution is -0.166. The summed E-state index contributed by atoms with van der Waals surface area (Å²) < 4.78 is 15.1. The van der Waals surface area contributed by atoms with Crippen LogP contribution >= 0.6 is 0 Å².